The summed E-state index contributed by atoms with van der Waals surface area (Å²) >= 11 is 0. The molecule has 0 bridgehead atoms. The minimum absolute atomic E-state index is 0.0203. The number of ether oxygens (including phenoxy) is 1. The Morgan fingerprint density at radius 2 is 1.48 bits per heavy atom. The predicted octanol–water partition coefficient (Wildman–Crippen LogP) is 5.39. The highest BCUT2D eigenvalue weighted by Gasteiger charge is 2.36. The lowest BCUT2D eigenvalue weighted by Crippen LogP contribution is -2.53. The highest BCUT2D eigenvalue weighted by Crippen LogP contribution is 2.25. The first kappa shape index (κ1) is 34.3. The fourth-order valence-corrected chi connectivity index (χ4v) is 4.61. The quantitative estimate of drug-likeness (QED) is 0.216. The molecule has 0 aliphatic rings. The van der Waals surface area contributed by atoms with Gasteiger partial charge in [-0.3, -0.25) is 14.4 Å². The van der Waals surface area contributed by atoms with Crippen LogP contribution in [0.15, 0.2) is 60.7 Å². The minimum Gasteiger partial charge on any atom is -0.444 e. The molecule has 42 heavy (non-hydrogen) atoms. The number of alkyl carbamates (subject to hydrolysis) is 1. The van der Waals surface area contributed by atoms with Gasteiger partial charge in [0.05, 0.1) is 0 Å². The number of nitrogens with zero attached hydrogens (tertiary/aromatic N) is 1. The third kappa shape index (κ3) is 12.7. The van der Waals surface area contributed by atoms with E-state index in [1.54, 1.807) is 20.8 Å². The van der Waals surface area contributed by atoms with Crippen LogP contribution in [0.25, 0.3) is 0 Å². The van der Waals surface area contributed by atoms with Crippen molar-refractivity contribution in [2.75, 3.05) is 6.54 Å². The van der Waals surface area contributed by atoms with Crippen LogP contribution in [0.1, 0.15) is 96.2 Å². The Bertz CT molecular complexity index is 1120. The Kier molecular flexibility index (Phi) is 14.6. The molecule has 230 valence electrons. The van der Waals surface area contributed by atoms with Crippen molar-refractivity contribution in [1.82, 2.24) is 15.5 Å². The van der Waals surface area contributed by atoms with Gasteiger partial charge in [-0.1, -0.05) is 99.7 Å². The average Bonchev–Trinajstić information content (AvgIpc) is 2.95. The summed E-state index contributed by atoms with van der Waals surface area (Å²) in [4.78, 5) is 54.0. The van der Waals surface area contributed by atoms with Gasteiger partial charge in [0.15, 0.2) is 0 Å². The van der Waals surface area contributed by atoms with E-state index in [1.165, 1.54) is 4.90 Å². The van der Waals surface area contributed by atoms with Crippen LogP contribution in [-0.4, -0.2) is 46.9 Å². The third-order valence-electron chi connectivity index (χ3n) is 6.69. The molecule has 0 spiro atoms. The average molecular weight is 581 g/mol. The molecule has 4 N–H and O–H groups in total. The molecule has 0 aliphatic heterocycles. The Morgan fingerprint density at radius 1 is 0.881 bits per heavy atom. The molecule has 0 aromatic heterocycles. The van der Waals surface area contributed by atoms with Crippen LogP contribution in [0, 0.1) is 0 Å². The van der Waals surface area contributed by atoms with E-state index in [9.17, 15) is 19.2 Å². The molecule has 2 unspecified atom stereocenters. The molecule has 0 aliphatic carbocycles. The molecule has 2 atom stereocenters. The predicted molar refractivity (Wildman–Crippen MR) is 164 cm³/mol. The number of hydrogen-bond acceptors (Lipinski definition) is 5. The number of benzene rings is 2. The second-order valence-electron chi connectivity index (χ2n) is 11.5. The second-order valence-corrected chi connectivity index (χ2v) is 11.5. The van der Waals surface area contributed by atoms with Crippen LogP contribution in [0.3, 0.4) is 0 Å². The second kappa shape index (κ2) is 17.8. The van der Waals surface area contributed by atoms with Gasteiger partial charge in [0.25, 0.3) is 0 Å². The van der Waals surface area contributed by atoms with Gasteiger partial charge in [0, 0.05) is 19.5 Å². The van der Waals surface area contributed by atoms with Crippen molar-refractivity contribution in [3.05, 3.63) is 71.8 Å². The summed E-state index contributed by atoms with van der Waals surface area (Å²) in [5, 5.41) is 5.63. The number of unbranched alkanes of at least 4 members (excludes halogenated alkanes) is 5. The van der Waals surface area contributed by atoms with Crippen molar-refractivity contribution in [3.63, 3.8) is 0 Å². The largest absolute Gasteiger partial charge is 0.444 e. The van der Waals surface area contributed by atoms with Gasteiger partial charge in [-0.05, 0) is 44.7 Å². The maximum Gasteiger partial charge on any atom is 0.408 e. The molecule has 0 heterocycles. The van der Waals surface area contributed by atoms with Crippen LogP contribution >= 0.6 is 0 Å². The van der Waals surface area contributed by atoms with Crippen LogP contribution in [-0.2, 0) is 25.7 Å². The topological polar surface area (TPSA) is 131 Å². The number of primary amides is 1. The van der Waals surface area contributed by atoms with E-state index in [0.29, 0.717) is 25.1 Å². The smallest absolute Gasteiger partial charge is 0.408 e. The lowest BCUT2D eigenvalue weighted by molar-refractivity contribution is -0.143. The number of nitrogens with one attached hydrogen (secondary N) is 2. The molecule has 9 nitrogen and oxygen atoms in total. The van der Waals surface area contributed by atoms with E-state index in [2.05, 4.69) is 17.6 Å². The lowest BCUT2D eigenvalue weighted by atomic mass is 10.0. The standard InChI is InChI=1S/C33H48N4O5/c1-5-6-7-8-9-16-23-37(31(40)27(21-22-28(34)38)36-32(41)42-33(2,3)4)29(26-19-14-11-15-20-26)30(39)35-24-25-17-12-10-13-18-25/h10-15,17-20,27,29H,5-9,16,21-24H2,1-4H3,(H2,34,38)(H,35,39)(H,36,41). The number of carbonyl (C=O) groups excluding carboxylic acids is 4. The van der Waals surface area contributed by atoms with Crippen molar-refractivity contribution in [3.8, 4) is 0 Å². The fraction of sp³-hybridized carbons (Fsp3) is 0.515. The van der Waals surface area contributed by atoms with Crippen molar-refractivity contribution in [1.29, 1.82) is 0 Å². The van der Waals surface area contributed by atoms with E-state index >= 15 is 0 Å². The zero-order valence-electron chi connectivity index (χ0n) is 25.6. The first-order valence-corrected chi connectivity index (χ1v) is 15.0. The molecule has 2 aromatic rings. The fourth-order valence-electron chi connectivity index (χ4n) is 4.61. The molecule has 0 saturated carbocycles. The summed E-state index contributed by atoms with van der Waals surface area (Å²) in [5.74, 6) is -1.41. The molecule has 4 amide bonds. The zero-order chi connectivity index (χ0) is 31.0. The SMILES string of the molecule is CCCCCCCCN(C(=O)C(CCC(N)=O)NC(=O)OC(C)(C)C)C(C(=O)NCc1ccccc1)c1ccccc1. The molecule has 2 aromatic carbocycles. The van der Waals surface area contributed by atoms with Crippen molar-refractivity contribution in [2.24, 2.45) is 5.73 Å². The molecule has 0 fully saturated rings. The van der Waals surface area contributed by atoms with Crippen molar-refractivity contribution < 1.29 is 23.9 Å². The Morgan fingerprint density at radius 3 is 2.07 bits per heavy atom. The number of nitrogens with two attached hydrogens (primary N) is 1. The van der Waals surface area contributed by atoms with Gasteiger partial charge in [0.1, 0.15) is 17.7 Å². The Balaban J connectivity index is 2.41. The first-order chi connectivity index (χ1) is 20.0. The highest BCUT2D eigenvalue weighted by molar-refractivity contribution is 5.92. The van der Waals surface area contributed by atoms with Gasteiger partial charge in [0.2, 0.25) is 17.7 Å². The van der Waals surface area contributed by atoms with E-state index in [0.717, 1.165) is 37.7 Å². The minimum atomic E-state index is -1.11. The highest BCUT2D eigenvalue weighted by atomic mass is 16.6. The van der Waals surface area contributed by atoms with E-state index in [-0.39, 0.29) is 18.7 Å². The van der Waals surface area contributed by atoms with E-state index in [4.69, 9.17) is 10.5 Å². The zero-order valence-corrected chi connectivity index (χ0v) is 25.6. The summed E-state index contributed by atoms with van der Waals surface area (Å²) in [6, 6.07) is 16.6. The first-order valence-electron chi connectivity index (χ1n) is 15.0. The maximum absolute atomic E-state index is 14.2. The third-order valence-corrected chi connectivity index (χ3v) is 6.69. The molecule has 0 radical (unpaired) electrons. The van der Waals surface area contributed by atoms with Crippen molar-refractivity contribution >= 4 is 23.8 Å². The number of rotatable bonds is 17. The van der Waals surface area contributed by atoms with Crippen LogP contribution in [0.2, 0.25) is 0 Å². The van der Waals surface area contributed by atoms with E-state index in [1.807, 2.05) is 60.7 Å². The molecule has 2 rings (SSSR count). The summed E-state index contributed by atoms with van der Waals surface area (Å²) in [7, 11) is 0. The van der Waals surface area contributed by atoms with Gasteiger partial charge >= 0.3 is 6.09 Å². The number of amides is 4. The Labute approximate surface area is 250 Å². The van der Waals surface area contributed by atoms with Gasteiger partial charge in [-0.2, -0.15) is 0 Å². The lowest BCUT2D eigenvalue weighted by Gasteiger charge is -2.34. The molecular weight excluding hydrogens is 532 g/mol. The Hall–Kier alpha value is -3.88. The molecule has 0 saturated heterocycles. The maximum atomic E-state index is 14.2. The number of carbonyl (C=O) groups is 4. The monoisotopic (exact) mass is 580 g/mol. The summed E-state index contributed by atoms with van der Waals surface area (Å²) in [6.45, 7) is 7.92. The van der Waals surface area contributed by atoms with Crippen molar-refractivity contribution in [2.45, 2.75) is 103 Å². The summed E-state index contributed by atoms with van der Waals surface area (Å²) < 4.78 is 5.40. The van der Waals surface area contributed by atoms with Gasteiger partial charge in [-0.15, -0.1) is 0 Å². The number of hydrogen-bond donors (Lipinski definition) is 3. The summed E-state index contributed by atoms with van der Waals surface area (Å²) in [6.07, 6.45) is 5.04. The molecule has 9 heteroatoms. The van der Waals surface area contributed by atoms with Gasteiger partial charge < -0.3 is 26.0 Å². The summed E-state index contributed by atoms with van der Waals surface area (Å²) in [5.41, 5.74) is 6.20. The van der Waals surface area contributed by atoms with Crippen LogP contribution in [0.5, 0.6) is 0 Å². The normalized spacial score (nSPS) is 12.6. The van der Waals surface area contributed by atoms with Crippen LogP contribution in [0.4, 0.5) is 4.79 Å². The van der Waals surface area contributed by atoms with Crippen LogP contribution < -0.4 is 16.4 Å². The van der Waals surface area contributed by atoms with E-state index < -0.39 is 35.6 Å². The van der Waals surface area contributed by atoms with Gasteiger partial charge in [-0.25, -0.2) is 4.79 Å². The molecular formula is C33H48N4O5.